The summed E-state index contributed by atoms with van der Waals surface area (Å²) in [5, 5.41) is 17.4. The van der Waals surface area contributed by atoms with Crippen LogP contribution in [-0.4, -0.2) is 63.9 Å². The van der Waals surface area contributed by atoms with Gasteiger partial charge in [-0.05, 0) is 47.9 Å². The maximum Gasteiger partial charge on any atom is 0.296 e. The second kappa shape index (κ2) is 9.59. The number of sulfone groups is 1. The molecule has 3 aromatic rings. The Morgan fingerprint density at radius 1 is 0.730 bits per heavy atom. The number of benzene rings is 3. The van der Waals surface area contributed by atoms with E-state index in [9.17, 15) is 47.9 Å². The standard InChI is InChI=1S/C18H17N3O12S4/c19-14-9-13(36(28,29)30)7-10-8-15(37(31,32)33)17(18(22)16(10)14)21-20-11-1-3-12(4-2-11)34(23,24)5-6-35(25,26)27/h1-4,7-9,22H,5-6,19H2,(H,25,26,27)(H,28,29,30)(H,31,32,33). The van der Waals surface area contributed by atoms with E-state index in [-0.39, 0.29) is 27.0 Å². The second-order valence-corrected chi connectivity index (χ2v) is 13.9. The number of phenols is 1. The Balaban J connectivity index is 2.09. The summed E-state index contributed by atoms with van der Waals surface area (Å²) >= 11 is 0. The molecule has 0 amide bonds. The first kappa shape index (κ1) is 28.4. The monoisotopic (exact) mass is 595 g/mol. The van der Waals surface area contributed by atoms with Gasteiger partial charge in [-0.15, -0.1) is 5.11 Å². The molecule has 200 valence electrons. The van der Waals surface area contributed by atoms with Crippen LogP contribution in [0.4, 0.5) is 17.1 Å². The van der Waals surface area contributed by atoms with Gasteiger partial charge >= 0.3 is 0 Å². The van der Waals surface area contributed by atoms with Crippen LogP contribution >= 0.6 is 0 Å². The van der Waals surface area contributed by atoms with Gasteiger partial charge in [-0.25, -0.2) is 8.42 Å². The summed E-state index contributed by atoms with van der Waals surface area (Å²) in [6, 6.07) is 6.64. The first-order valence-electron chi connectivity index (χ1n) is 9.53. The fourth-order valence-corrected chi connectivity index (χ4v) is 6.81. The average Bonchev–Trinajstić information content (AvgIpc) is 2.75. The Labute approximate surface area is 210 Å². The number of hydrogen-bond donors (Lipinski definition) is 5. The number of rotatable bonds is 8. The van der Waals surface area contributed by atoms with Crippen molar-refractivity contribution in [2.45, 2.75) is 14.7 Å². The van der Waals surface area contributed by atoms with Gasteiger partial charge in [0.2, 0.25) is 0 Å². The number of nitrogens with zero attached hydrogens (tertiary/aromatic N) is 2. The van der Waals surface area contributed by atoms with E-state index in [4.69, 9.17) is 10.3 Å². The number of nitrogen functional groups attached to an aromatic ring is 1. The quantitative estimate of drug-likeness (QED) is 0.141. The van der Waals surface area contributed by atoms with Crippen LogP contribution in [0.15, 0.2) is 67.4 Å². The van der Waals surface area contributed by atoms with Crippen LogP contribution < -0.4 is 5.73 Å². The van der Waals surface area contributed by atoms with Gasteiger partial charge in [0.05, 0.1) is 27.0 Å². The molecule has 0 aliphatic rings. The van der Waals surface area contributed by atoms with E-state index in [1.807, 2.05) is 0 Å². The minimum absolute atomic E-state index is 0.0655. The molecule has 37 heavy (non-hydrogen) atoms. The van der Waals surface area contributed by atoms with Crippen LogP contribution in [0, 0.1) is 0 Å². The van der Waals surface area contributed by atoms with Gasteiger partial charge in [0.1, 0.15) is 10.6 Å². The topological polar surface area (TPSA) is 268 Å². The summed E-state index contributed by atoms with van der Waals surface area (Å²) in [4.78, 5) is -2.01. The van der Waals surface area contributed by atoms with Crippen molar-refractivity contribution in [2.75, 3.05) is 17.2 Å². The van der Waals surface area contributed by atoms with E-state index < -0.39 is 72.9 Å². The van der Waals surface area contributed by atoms with Gasteiger partial charge in [-0.2, -0.15) is 30.4 Å². The Bertz CT molecular complexity index is 1870. The molecule has 0 fully saturated rings. The molecule has 0 atom stereocenters. The number of hydrogen-bond acceptors (Lipinski definition) is 12. The van der Waals surface area contributed by atoms with Crippen molar-refractivity contribution >= 4 is 68.0 Å². The van der Waals surface area contributed by atoms with Crippen LogP contribution in [0.2, 0.25) is 0 Å². The lowest BCUT2D eigenvalue weighted by Gasteiger charge is -2.12. The van der Waals surface area contributed by atoms with E-state index in [1.54, 1.807) is 0 Å². The molecule has 0 aliphatic heterocycles. The van der Waals surface area contributed by atoms with Crippen LogP contribution in [-0.2, 0) is 40.2 Å². The molecule has 3 aromatic carbocycles. The van der Waals surface area contributed by atoms with Crippen molar-refractivity contribution in [3.8, 4) is 5.75 Å². The molecule has 0 saturated carbocycles. The van der Waals surface area contributed by atoms with Crippen molar-refractivity contribution in [3.63, 3.8) is 0 Å². The number of aromatic hydroxyl groups is 1. The Morgan fingerprint density at radius 2 is 1.32 bits per heavy atom. The summed E-state index contributed by atoms with van der Waals surface area (Å²) in [6.07, 6.45) is 0. The smallest absolute Gasteiger partial charge is 0.296 e. The third-order valence-corrected chi connectivity index (χ3v) is 9.21. The zero-order valence-electron chi connectivity index (χ0n) is 18.1. The fourth-order valence-electron chi connectivity index (χ4n) is 3.09. The molecule has 3 rings (SSSR count). The highest BCUT2D eigenvalue weighted by Gasteiger charge is 2.25. The fraction of sp³-hybridized carbons (Fsp3) is 0.111. The zero-order valence-corrected chi connectivity index (χ0v) is 21.4. The molecule has 19 heteroatoms. The van der Waals surface area contributed by atoms with Crippen molar-refractivity contribution in [1.29, 1.82) is 0 Å². The normalized spacial score (nSPS) is 13.4. The van der Waals surface area contributed by atoms with Gasteiger partial charge in [0.25, 0.3) is 30.4 Å². The summed E-state index contributed by atoms with van der Waals surface area (Å²) in [7, 11) is -18.4. The molecule has 15 nitrogen and oxygen atoms in total. The van der Waals surface area contributed by atoms with E-state index in [0.717, 1.165) is 42.5 Å². The molecule has 0 spiro atoms. The van der Waals surface area contributed by atoms with Crippen molar-refractivity contribution in [2.24, 2.45) is 10.2 Å². The van der Waals surface area contributed by atoms with Crippen LogP contribution in [0.25, 0.3) is 10.8 Å². The molecular formula is C18H17N3O12S4. The molecule has 6 N–H and O–H groups in total. The minimum Gasteiger partial charge on any atom is -0.505 e. The van der Waals surface area contributed by atoms with Crippen molar-refractivity contribution < 1.29 is 52.4 Å². The molecule has 0 unspecified atom stereocenters. The zero-order chi connectivity index (χ0) is 28.0. The number of phenolic OH excluding ortho intramolecular Hbond substituents is 1. The molecule has 0 aliphatic carbocycles. The highest BCUT2D eigenvalue weighted by Crippen LogP contribution is 2.44. The third-order valence-electron chi connectivity index (χ3n) is 4.80. The van der Waals surface area contributed by atoms with Gasteiger partial charge in [0, 0.05) is 11.1 Å². The third kappa shape index (κ3) is 6.57. The van der Waals surface area contributed by atoms with E-state index in [0.29, 0.717) is 0 Å². The van der Waals surface area contributed by atoms with Crippen LogP contribution in [0.1, 0.15) is 0 Å². The molecule has 0 heterocycles. The number of azo groups is 1. The average molecular weight is 596 g/mol. The largest absolute Gasteiger partial charge is 0.505 e. The van der Waals surface area contributed by atoms with Gasteiger partial charge in [-0.3, -0.25) is 13.7 Å². The lowest BCUT2D eigenvalue weighted by Crippen LogP contribution is -2.16. The van der Waals surface area contributed by atoms with Gasteiger partial charge in [0.15, 0.2) is 15.6 Å². The summed E-state index contributed by atoms with van der Waals surface area (Å²) in [5.41, 5.74) is 4.53. The van der Waals surface area contributed by atoms with Gasteiger partial charge < -0.3 is 10.8 Å². The minimum atomic E-state index is -5.07. The first-order chi connectivity index (χ1) is 16.8. The predicted octanol–water partition coefficient (Wildman–Crippen LogP) is 1.70. The molecule has 0 bridgehead atoms. The highest BCUT2D eigenvalue weighted by molar-refractivity contribution is 7.93. The lowest BCUT2D eigenvalue weighted by molar-refractivity contribution is 0.472. The van der Waals surface area contributed by atoms with Crippen molar-refractivity contribution in [3.05, 3.63) is 42.5 Å². The second-order valence-electron chi connectivity index (χ2n) is 7.43. The van der Waals surface area contributed by atoms with Crippen LogP contribution in [0.5, 0.6) is 5.75 Å². The summed E-state index contributed by atoms with van der Waals surface area (Å²) in [6.45, 7) is 0. The summed E-state index contributed by atoms with van der Waals surface area (Å²) in [5.74, 6) is -2.82. The van der Waals surface area contributed by atoms with E-state index >= 15 is 0 Å². The maximum atomic E-state index is 12.2. The van der Waals surface area contributed by atoms with Gasteiger partial charge in [-0.1, -0.05) is 0 Å². The molecule has 0 aromatic heterocycles. The molecule has 0 radical (unpaired) electrons. The Kier molecular flexibility index (Phi) is 7.36. The summed E-state index contributed by atoms with van der Waals surface area (Å²) < 4.78 is 120. The Morgan fingerprint density at radius 3 is 1.84 bits per heavy atom. The highest BCUT2D eigenvalue weighted by atomic mass is 32.2. The van der Waals surface area contributed by atoms with Crippen molar-refractivity contribution in [1.82, 2.24) is 0 Å². The first-order valence-corrected chi connectivity index (χ1v) is 15.7. The number of fused-ring (bicyclic) bond motifs is 1. The van der Waals surface area contributed by atoms with E-state index in [1.165, 1.54) is 0 Å². The Hall–Kier alpha value is -3.20. The van der Waals surface area contributed by atoms with E-state index in [2.05, 4.69) is 10.2 Å². The lowest BCUT2D eigenvalue weighted by atomic mass is 10.1. The molecule has 0 saturated heterocycles. The number of nitrogens with two attached hydrogens (primary N) is 1. The van der Waals surface area contributed by atoms with Crippen LogP contribution in [0.3, 0.4) is 0 Å². The number of anilines is 1. The predicted molar refractivity (Wildman–Crippen MR) is 129 cm³/mol. The molecular weight excluding hydrogens is 578 g/mol. The maximum absolute atomic E-state index is 12.2. The SMILES string of the molecule is Nc1cc(S(=O)(=O)O)cc2cc(S(=O)(=O)O)c(N=Nc3ccc(S(=O)(=O)CCS(=O)(=O)O)cc3)c(O)c12.